The van der Waals surface area contributed by atoms with Gasteiger partial charge in [-0.15, -0.1) is 0 Å². The maximum absolute atomic E-state index is 9.43. The lowest BCUT2D eigenvalue weighted by atomic mass is 10.1. The van der Waals surface area contributed by atoms with Crippen molar-refractivity contribution < 1.29 is 5.11 Å². The summed E-state index contributed by atoms with van der Waals surface area (Å²) >= 11 is 0. The SMILES string of the molecule is CCC=CCCCC=CCC(C)(C)O. The topological polar surface area (TPSA) is 20.2 Å². The quantitative estimate of drug-likeness (QED) is 0.484. The summed E-state index contributed by atoms with van der Waals surface area (Å²) in [6, 6.07) is 0. The van der Waals surface area contributed by atoms with Gasteiger partial charge in [-0.2, -0.15) is 0 Å². The summed E-state index contributed by atoms with van der Waals surface area (Å²) in [5.74, 6) is 0. The number of hydrogen-bond acceptors (Lipinski definition) is 1. The normalized spacial score (nSPS) is 13.1. The minimum Gasteiger partial charge on any atom is -0.390 e. The van der Waals surface area contributed by atoms with Gasteiger partial charge in [0.05, 0.1) is 5.60 Å². The van der Waals surface area contributed by atoms with E-state index in [4.69, 9.17) is 0 Å². The number of allylic oxidation sites excluding steroid dienone is 3. The average molecular weight is 196 g/mol. The summed E-state index contributed by atoms with van der Waals surface area (Å²) < 4.78 is 0. The van der Waals surface area contributed by atoms with Gasteiger partial charge in [0.25, 0.3) is 0 Å². The first-order chi connectivity index (χ1) is 6.56. The summed E-state index contributed by atoms with van der Waals surface area (Å²) in [7, 11) is 0. The Morgan fingerprint density at radius 2 is 1.57 bits per heavy atom. The fourth-order valence-corrected chi connectivity index (χ4v) is 1.13. The highest BCUT2D eigenvalue weighted by Gasteiger charge is 2.08. The highest BCUT2D eigenvalue weighted by atomic mass is 16.3. The molecule has 0 aliphatic carbocycles. The predicted molar refractivity (Wildman–Crippen MR) is 63.3 cm³/mol. The Hall–Kier alpha value is -0.560. The van der Waals surface area contributed by atoms with E-state index in [1.165, 1.54) is 12.8 Å². The van der Waals surface area contributed by atoms with Crippen LogP contribution in [0.15, 0.2) is 24.3 Å². The van der Waals surface area contributed by atoms with Crippen molar-refractivity contribution in [3.63, 3.8) is 0 Å². The summed E-state index contributed by atoms with van der Waals surface area (Å²) in [4.78, 5) is 0. The van der Waals surface area contributed by atoms with Crippen LogP contribution < -0.4 is 0 Å². The van der Waals surface area contributed by atoms with E-state index in [1.807, 2.05) is 13.8 Å². The van der Waals surface area contributed by atoms with Crippen LogP contribution in [0.4, 0.5) is 0 Å². The van der Waals surface area contributed by atoms with Gasteiger partial charge in [0, 0.05) is 0 Å². The molecule has 0 amide bonds. The van der Waals surface area contributed by atoms with Gasteiger partial charge in [-0.3, -0.25) is 0 Å². The molecule has 14 heavy (non-hydrogen) atoms. The summed E-state index contributed by atoms with van der Waals surface area (Å²) in [5, 5.41) is 9.43. The lowest BCUT2D eigenvalue weighted by molar-refractivity contribution is 0.0838. The van der Waals surface area contributed by atoms with Crippen molar-refractivity contribution in [1.82, 2.24) is 0 Å². The Morgan fingerprint density at radius 1 is 1.00 bits per heavy atom. The molecule has 0 bridgehead atoms. The van der Waals surface area contributed by atoms with Gasteiger partial charge in [-0.25, -0.2) is 0 Å². The Balaban J connectivity index is 3.32. The second-order valence-electron chi connectivity index (χ2n) is 4.30. The molecule has 1 N–H and O–H groups in total. The number of unbranched alkanes of at least 4 members (excludes halogenated alkanes) is 2. The van der Waals surface area contributed by atoms with Crippen molar-refractivity contribution in [2.24, 2.45) is 0 Å². The van der Waals surface area contributed by atoms with E-state index in [0.29, 0.717) is 0 Å². The highest BCUT2D eigenvalue weighted by Crippen LogP contribution is 2.08. The van der Waals surface area contributed by atoms with Crippen LogP contribution in [0, 0.1) is 0 Å². The maximum Gasteiger partial charge on any atom is 0.0626 e. The molecule has 82 valence electrons. The smallest absolute Gasteiger partial charge is 0.0626 e. The molecule has 0 radical (unpaired) electrons. The van der Waals surface area contributed by atoms with Crippen molar-refractivity contribution in [3.8, 4) is 0 Å². The van der Waals surface area contributed by atoms with Crippen molar-refractivity contribution in [1.29, 1.82) is 0 Å². The molecule has 0 aliphatic heterocycles. The minimum absolute atomic E-state index is 0.557. The van der Waals surface area contributed by atoms with Crippen LogP contribution >= 0.6 is 0 Å². The number of hydrogen-bond donors (Lipinski definition) is 1. The highest BCUT2D eigenvalue weighted by molar-refractivity contribution is 4.88. The third-order valence-electron chi connectivity index (χ3n) is 1.93. The van der Waals surface area contributed by atoms with Crippen LogP contribution in [-0.2, 0) is 0 Å². The van der Waals surface area contributed by atoms with Gasteiger partial charge in [0.1, 0.15) is 0 Å². The largest absolute Gasteiger partial charge is 0.390 e. The fourth-order valence-electron chi connectivity index (χ4n) is 1.13. The lowest BCUT2D eigenvalue weighted by Gasteiger charge is -2.13. The van der Waals surface area contributed by atoms with Gasteiger partial charge in [-0.05, 0) is 46.0 Å². The first-order valence-corrected chi connectivity index (χ1v) is 5.58. The first-order valence-electron chi connectivity index (χ1n) is 5.58. The fraction of sp³-hybridized carbons (Fsp3) is 0.692. The van der Waals surface area contributed by atoms with Gasteiger partial charge in [-0.1, -0.05) is 31.2 Å². The van der Waals surface area contributed by atoms with E-state index in [9.17, 15) is 5.11 Å². The Labute approximate surface area is 88.5 Å². The molecule has 0 aromatic heterocycles. The summed E-state index contributed by atoms with van der Waals surface area (Å²) in [6.45, 7) is 5.82. The van der Waals surface area contributed by atoms with Crippen LogP contribution in [0.3, 0.4) is 0 Å². The Morgan fingerprint density at radius 3 is 2.07 bits per heavy atom. The monoisotopic (exact) mass is 196 g/mol. The zero-order chi connectivity index (χ0) is 10.9. The van der Waals surface area contributed by atoms with Gasteiger partial charge >= 0.3 is 0 Å². The zero-order valence-corrected chi connectivity index (χ0v) is 9.79. The zero-order valence-electron chi connectivity index (χ0n) is 9.79. The molecule has 0 heterocycles. The van der Waals surface area contributed by atoms with E-state index in [-0.39, 0.29) is 0 Å². The molecule has 1 nitrogen and oxygen atoms in total. The molecular formula is C13H24O. The van der Waals surface area contributed by atoms with Gasteiger partial charge in [0.2, 0.25) is 0 Å². The molecule has 0 unspecified atom stereocenters. The van der Waals surface area contributed by atoms with Crippen molar-refractivity contribution in [2.75, 3.05) is 0 Å². The Kier molecular flexibility index (Phi) is 7.50. The molecule has 1 heteroatoms. The van der Waals surface area contributed by atoms with Crippen molar-refractivity contribution in [2.45, 2.75) is 58.5 Å². The van der Waals surface area contributed by atoms with E-state index < -0.39 is 5.60 Å². The summed E-state index contributed by atoms with van der Waals surface area (Å²) in [5.41, 5.74) is -0.557. The van der Waals surface area contributed by atoms with Crippen LogP contribution in [0.1, 0.15) is 52.9 Å². The van der Waals surface area contributed by atoms with Crippen LogP contribution in [0.2, 0.25) is 0 Å². The van der Waals surface area contributed by atoms with E-state index in [2.05, 4.69) is 31.2 Å². The van der Waals surface area contributed by atoms with Gasteiger partial charge in [0.15, 0.2) is 0 Å². The molecule has 0 fully saturated rings. The Bertz CT molecular complexity index is 172. The number of rotatable bonds is 7. The second kappa shape index (κ2) is 7.81. The molecule has 0 aromatic carbocycles. The molecule has 0 atom stereocenters. The average Bonchev–Trinajstić information content (AvgIpc) is 2.08. The molecule has 0 saturated heterocycles. The van der Waals surface area contributed by atoms with E-state index >= 15 is 0 Å². The minimum atomic E-state index is -0.557. The standard InChI is InChI=1S/C13H24O/c1-4-5-6-7-8-9-10-11-12-13(2,3)14/h5-6,10-11,14H,4,7-9,12H2,1-3H3. The molecule has 0 aliphatic rings. The van der Waals surface area contributed by atoms with E-state index in [1.54, 1.807) is 0 Å². The molecule has 0 rings (SSSR count). The van der Waals surface area contributed by atoms with Crippen LogP contribution in [-0.4, -0.2) is 10.7 Å². The van der Waals surface area contributed by atoms with E-state index in [0.717, 1.165) is 19.3 Å². The van der Waals surface area contributed by atoms with Gasteiger partial charge < -0.3 is 5.11 Å². The second-order valence-corrected chi connectivity index (χ2v) is 4.30. The molecule has 0 saturated carbocycles. The third-order valence-corrected chi connectivity index (χ3v) is 1.93. The predicted octanol–water partition coefficient (Wildman–Crippen LogP) is 3.84. The summed E-state index contributed by atoms with van der Waals surface area (Å²) in [6.07, 6.45) is 14.1. The van der Waals surface area contributed by atoms with Crippen molar-refractivity contribution in [3.05, 3.63) is 24.3 Å². The molecule has 0 spiro atoms. The van der Waals surface area contributed by atoms with Crippen molar-refractivity contribution >= 4 is 0 Å². The first kappa shape index (κ1) is 13.4. The lowest BCUT2D eigenvalue weighted by Crippen LogP contribution is -2.16. The maximum atomic E-state index is 9.43. The molecular weight excluding hydrogens is 172 g/mol. The number of aliphatic hydroxyl groups is 1. The van der Waals surface area contributed by atoms with Crippen LogP contribution in [0.25, 0.3) is 0 Å². The third kappa shape index (κ3) is 11.4. The van der Waals surface area contributed by atoms with Crippen LogP contribution in [0.5, 0.6) is 0 Å². The molecule has 0 aromatic rings.